The maximum atomic E-state index is 5.94. The van der Waals surface area contributed by atoms with Crippen molar-refractivity contribution in [2.24, 2.45) is 0 Å². The Kier molecular flexibility index (Phi) is 5.94. The molecule has 0 saturated heterocycles. The lowest BCUT2D eigenvalue weighted by Gasteiger charge is -2.11. The number of benzene rings is 2. The van der Waals surface area contributed by atoms with Gasteiger partial charge < -0.3 is 9.47 Å². The maximum absolute atomic E-state index is 5.94. The van der Waals surface area contributed by atoms with Gasteiger partial charge in [0.15, 0.2) is 5.82 Å². The first kappa shape index (κ1) is 19.9. The van der Waals surface area contributed by atoms with Gasteiger partial charge >= 0.3 is 0 Å². The molecule has 2 heterocycles. The molecule has 2 aromatic heterocycles. The lowest BCUT2D eigenvalue weighted by atomic mass is 10.3. The van der Waals surface area contributed by atoms with Gasteiger partial charge in [0.25, 0.3) is 0 Å². The van der Waals surface area contributed by atoms with E-state index in [4.69, 9.17) is 9.47 Å². The van der Waals surface area contributed by atoms with E-state index in [1.807, 2.05) is 79.1 Å². The van der Waals surface area contributed by atoms with Crippen LogP contribution in [0.3, 0.4) is 0 Å². The molecule has 0 atom stereocenters. The van der Waals surface area contributed by atoms with Crippen LogP contribution in [0.5, 0.6) is 11.5 Å². The van der Waals surface area contributed by atoms with Crippen molar-refractivity contribution in [2.45, 2.75) is 30.6 Å². The monoisotopic (exact) mass is 419 g/mol. The summed E-state index contributed by atoms with van der Waals surface area (Å²) in [6.07, 6.45) is 0. The molecule has 8 heteroatoms. The predicted octanol–water partition coefficient (Wildman–Crippen LogP) is 4.41. The van der Waals surface area contributed by atoms with Crippen molar-refractivity contribution in [3.63, 3.8) is 0 Å². The van der Waals surface area contributed by atoms with E-state index in [0.29, 0.717) is 11.0 Å². The fourth-order valence-electron chi connectivity index (χ4n) is 2.94. The third kappa shape index (κ3) is 4.60. The second-order valence-electron chi connectivity index (χ2n) is 6.53. The Morgan fingerprint density at radius 3 is 2.33 bits per heavy atom. The number of aromatic nitrogens is 5. The third-order valence-electron chi connectivity index (χ3n) is 4.28. The Morgan fingerprint density at radius 1 is 0.900 bits per heavy atom. The molecule has 0 aliphatic rings. The van der Waals surface area contributed by atoms with Crippen LogP contribution in [0.4, 0.5) is 0 Å². The summed E-state index contributed by atoms with van der Waals surface area (Å²) in [5, 5.41) is 10.3. The predicted molar refractivity (Wildman–Crippen MR) is 114 cm³/mol. The SMILES string of the molecule is COc1ccc(OCc2nnc(Sc3cc(C)nc(C)n3)n2-c2ccccc2)cc1. The molecule has 7 nitrogen and oxygen atoms in total. The van der Waals surface area contributed by atoms with Crippen LogP contribution in [0, 0.1) is 13.8 Å². The van der Waals surface area contributed by atoms with Gasteiger partial charge in [0.2, 0.25) is 5.16 Å². The minimum Gasteiger partial charge on any atom is -0.497 e. The first-order valence-electron chi connectivity index (χ1n) is 9.39. The zero-order valence-corrected chi connectivity index (χ0v) is 17.8. The topological polar surface area (TPSA) is 75.0 Å². The lowest BCUT2D eigenvalue weighted by Crippen LogP contribution is -2.06. The number of hydrogen-bond donors (Lipinski definition) is 0. The molecular formula is C22H21N5O2S. The normalized spacial score (nSPS) is 10.8. The highest BCUT2D eigenvalue weighted by atomic mass is 32.2. The van der Waals surface area contributed by atoms with E-state index in [1.165, 1.54) is 11.8 Å². The highest BCUT2D eigenvalue weighted by molar-refractivity contribution is 7.99. The molecule has 0 bridgehead atoms. The third-order valence-corrected chi connectivity index (χ3v) is 5.15. The molecule has 2 aromatic carbocycles. The van der Waals surface area contributed by atoms with Crippen LogP contribution in [0.25, 0.3) is 5.69 Å². The molecule has 0 unspecified atom stereocenters. The van der Waals surface area contributed by atoms with E-state index in [0.717, 1.165) is 33.7 Å². The van der Waals surface area contributed by atoms with Gasteiger partial charge in [0, 0.05) is 11.4 Å². The van der Waals surface area contributed by atoms with Gasteiger partial charge in [-0.1, -0.05) is 18.2 Å². The second-order valence-corrected chi connectivity index (χ2v) is 7.52. The lowest BCUT2D eigenvalue weighted by molar-refractivity contribution is 0.292. The van der Waals surface area contributed by atoms with E-state index in [-0.39, 0.29) is 6.61 Å². The molecule has 152 valence electrons. The van der Waals surface area contributed by atoms with Gasteiger partial charge in [-0.15, -0.1) is 10.2 Å². The molecule has 0 amide bonds. The summed E-state index contributed by atoms with van der Waals surface area (Å²) in [7, 11) is 1.64. The second kappa shape index (κ2) is 8.96. The fraction of sp³-hybridized carbons (Fsp3) is 0.182. The largest absolute Gasteiger partial charge is 0.497 e. The average molecular weight is 420 g/mol. The highest BCUT2D eigenvalue weighted by Crippen LogP contribution is 2.28. The molecule has 4 aromatic rings. The Labute approximate surface area is 179 Å². The number of hydrogen-bond acceptors (Lipinski definition) is 7. The van der Waals surface area contributed by atoms with Crippen molar-refractivity contribution in [2.75, 3.05) is 7.11 Å². The zero-order chi connectivity index (χ0) is 20.9. The Morgan fingerprint density at radius 2 is 1.63 bits per heavy atom. The van der Waals surface area contributed by atoms with Gasteiger partial charge in [0.05, 0.1) is 7.11 Å². The molecule has 0 aliphatic carbocycles. The summed E-state index contributed by atoms with van der Waals surface area (Å²) < 4.78 is 13.1. The van der Waals surface area contributed by atoms with Crippen LogP contribution in [-0.2, 0) is 6.61 Å². The molecule has 0 spiro atoms. The summed E-state index contributed by atoms with van der Waals surface area (Å²) in [6, 6.07) is 19.4. The maximum Gasteiger partial charge on any atom is 0.202 e. The minimum atomic E-state index is 0.274. The summed E-state index contributed by atoms with van der Waals surface area (Å²) in [4.78, 5) is 8.85. The number of methoxy groups -OCH3 is 1. The van der Waals surface area contributed by atoms with E-state index >= 15 is 0 Å². The van der Waals surface area contributed by atoms with Gasteiger partial charge in [-0.3, -0.25) is 4.57 Å². The van der Waals surface area contributed by atoms with Gasteiger partial charge in [-0.05, 0) is 68.1 Å². The quantitative estimate of drug-likeness (QED) is 0.411. The van der Waals surface area contributed by atoms with E-state index in [9.17, 15) is 0 Å². The number of rotatable bonds is 7. The summed E-state index contributed by atoms with van der Waals surface area (Å²) in [6.45, 7) is 4.11. The van der Waals surface area contributed by atoms with Crippen LogP contribution in [-0.4, -0.2) is 31.8 Å². The van der Waals surface area contributed by atoms with Crippen molar-refractivity contribution in [3.05, 3.63) is 78.0 Å². The number of para-hydroxylation sites is 1. The van der Waals surface area contributed by atoms with Crippen LogP contribution in [0.1, 0.15) is 17.3 Å². The van der Waals surface area contributed by atoms with Gasteiger partial charge in [-0.25, -0.2) is 9.97 Å². The Hall–Kier alpha value is -3.39. The van der Waals surface area contributed by atoms with Crippen molar-refractivity contribution in [1.82, 2.24) is 24.7 Å². The van der Waals surface area contributed by atoms with Crippen molar-refractivity contribution in [3.8, 4) is 17.2 Å². The molecule has 0 N–H and O–H groups in total. The van der Waals surface area contributed by atoms with E-state index < -0.39 is 0 Å². The Balaban J connectivity index is 1.63. The van der Waals surface area contributed by atoms with Crippen LogP contribution >= 0.6 is 11.8 Å². The molecule has 4 rings (SSSR count). The van der Waals surface area contributed by atoms with Crippen LogP contribution in [0.15, 0.2) is 70.8 Å². The van der Waals surface area contributed by atoms with Crippen molar-refractivity contribution < 1.29 is 9.47 Å². The number of ether oxygens (including phenoxy) is 2. The zero-order valence-electron chi connectivity index (χ0n) is 16.9. The standard InChI is InChI=1S/C22H21N5O2S/c1-15-13-21(24-16(2)23-15)30-22-26-25-20(27(22)17-7-5-4-6-8-17)14-29-19-11-9-18(28-3)10-12-19/h4-13H,14H2,1-3H3. The summed E-state index contributed by atoms with van der Waals surface area (Å²) in [5.41, 5.74) is 1.87. The molecule has 0 saturated carbocycles. The number of nitrogens with zero attached hydrogens (tertiary/aromatic N) is 5. The minimum absolute atomic E-state index is 0.274. The van der Waals surface area contributed by atoms with Gasteiger partial charge in [-0.2, -0.15) is 0 Å². The Bertz CT molecular complexity index is 1110. The molecule has 0 aliphatic heterocycles. The average Bonchev–Trinajstić information content (AvgIpc) is 3.14. The molecular weight excluding hydrogens is 398 g/mol. The van der Waals surface area contributed by atoms with E-state index in [1.54, 1.807) is 7.11 Å². The highest BCUT2D eigenvalue weighted by Gasteiger charge is 2.17. The van der Waals surface area contributed by atoms with Gasteiger partial charge in [0.1, 0.15) is 29.0 Å². The first-order chi connectivity index (χ1) is 14.6. The van der Waals surface area contributed by atoms with Crippen molar-refractivity contribution >= 4 is 11.8 Å². The fourth-order valence-corrected chi connectivity index (χ4v) is 3.92. The van der Waals surface area contributed by atoms with Crippen LogP contribution in [0.2, 0.25) is 0 Å². The van der Waals surface area contributed by atoms with E-state index in [2.05, 4.69) is 20.2 Å². The number of aryl methyl sites for hydroxylation is 2. The summed E-state index contributed by atoms with van der Waals surface area (Å²) in [5.74, 6) is 2.94. The smallest absolute Gasteiger partial charge is 0.202 e. The molecule has 0 fully saturated rings. The van der Waals surface area contributed by atoms with Crippen molar-refractivity contribution in [1.29, 1.82) is 0 Å². The summed E-state index contributed by atoms with van der Waals surface area (Å²) >= 11 is 1.45. The molecule has 0 radical (unpaired) electrons. The molecule has 30 heavy (non-hydrogen) atoms. The van der Waals surface area contributed by atoms with Crippen LogP contribution < -0.4 is 9.47 Å². The first-order valence-corrected chi connectivity index (χ1v) is 10.2.